The van der Waals surface area contributed by atoms with E-state index in [1.165, 1.54) is 0 Å². The first-order chi connectivity index (χ1) is 19.8. The maximum absolute atomic E-state index is 15.9. The fourth-order valence-corrected chi connectivity index (χ4v) is 7.85. The van der Waals surface area contributed by atoms with Crippen LogP contribution in [0.4, 0.5) is 23.2 Å². The van der Waals surface area contributed by atoms with Crippen molar-refractivity contribution >= 4 is 17.2 Å². The molecule has 0 unspecified atom stereocenters. The van der Waals surface area contributed by atoms with Crippen molar-refractivity contribution in [1.82, 2.24) is 4.58 Å². The number of hydrogen-bond donors (Lipinski definition) is 1. The second-order valence-corrected chi connectivity index (χ2v) is 11.7. The molecule has 41 heavy (non-hydrogen) atoms. The fourth-order valence-electron chi connectivity index (χ4n) is 7.85. The minimum absolute atomic E-state index is 0.0532. The van der Waals surface area contributed by atoms with E-state index in [1.54, 1.807) is 0 Å². The minimum atomic E-state index is -2.14. The summed E-state index contributed by atoms with van der Waals surface area (Å²) in [7, 11) is 0. The van der Waals surface area contributed by atoms with E-state index >= 15 is 8.78 Å². The van der Waals surface area contributed by atoms with Crippen molar-refractivity contribution in [2.45, 2.75) is 51.4 Å². The zero-order valence-corrected chi connectivity index (χ0v) is 22.3. The molecule has 0 saturated carbocycles. The zero-order chi connectivity index (χ0) is 28.2. The van der Waals surface area contributed by atoms with Crippen molar-refractivity contribution in [2.75, 3.05) is 31.1 Å². The number of aryl methyl sites for hydroxylation is 2. The first-order valence-corrected chi connectivity index (χ1v) is 14.4. The zero-order valence-electron chi connectivity index (χ0n) is 22.3. The number of nitrogens with zero attached hydrogens (tertiary/aromatic N) is 2. The third kappa shape index (κ3) is 3.35. The molecule has 0 atom stereocenters. The highest BCUT2D eigenvalue weighted by atomic mass is 19.2. The molecule has 0 fully saturated rings. The molecule has 5 aliphatic heterocycles. The molecule has 1 N–H and O–H groups in total. The Morgan fingerprint density at radius 1 is 0.805 bits per heavy atom. The smallest absolute Gasteiger partial charge is 0.339 e. The number of carbonyl (C=O) groups is 1. The van der Waals surface area contributed by atoms with Gasteiger partial charge in [0, 0.05) is 64.7 Å². The van der Waals surface area contributed by atoms with Gasteiger partial charge in [0.2, 0.25) is 5.36 Å². The molecule has 5 aliphatic rings. The average molecular weight is 564 g/mol. The van der Waals surface area contributed by atoms with Crippen LogP contribution in [0, 0.1) is 23.3 Å². The van der Waals surface area contributed by atoms with Crippen LogP contribution in [0.15, 0.2) is 12.1 Å². The summed E-state index contributed by atoms with van der Waals surface area (Å²) in [6, 6.07) is 3.73. The Bertz CT molecular complexity index is 1860. The van der Waals surface area contributed by atoms with Gasteiger partial charge < -0.3 is 14.7 Å². The summed E-state index contributed by atoms with van der Waals surface area (Å²) >= 11 is 0. The molecule has 3 aromatic rings. The maximum atomic E-state index is 15.9. The molecule has 5 nitrogen and oxygen atoms in total. The van der Waals surface area contributed by atoms with Gasteiger partial charge in [-0.25, -0.2) is 26.9 Å². The van der Waals surface area contributed by atoms with Gasteiger partial charge in [0.15, 0.2) is 23.3 Å². The number of ether oxygens (including phenoxy) is 1. The van der Waals surface area contributed by atoms with E-state index in [9.17, 15) is 18.7 Å². The van der Waals surface area contributed by atoms with Crippen molar-refractivity contribution in [3.8, 4) is 11.5 Å². The van der Waals surface area contributed by atoms with Gasteiger partial charge >= 0.3 is 5.97 Å². The van der Waals surface area contributed by atoms with E-state index < -0.39 is 40.4 Å². The van der Waals surface area contributed by atoms with Crippen LogP contribution in [-0.4, -0.2) is 37.3 Å². The molecule has 0 spiro atoms. The molecule has 3 aromatic carbocycles. The summed E-state index contributed by atoms with van der Waals surface area (Å²) in [5.41, 5.74) is 3.49. The third-order valence-corrected chi connectivity index (χ3v) is 9.42. The van der Waals surface area contributed by atoms with Crippen LogP contribution in [0.1, 0.15) is 69.4 Å². The largest absolute Gasteiger partial charge is 0.478 e. The Morgan fingerprint density at radius 3 is 2.27 bits per heavy atom. The molecule has 0 amide bonds. The lowest BCUT2D eigenvalue weighted by Gasteiger charge is -2.39. The van der Waals surface area contributed by atoms with Gasteiger partial charge in [-0.3, -0.25) is 0 Å². The Balaban J connectivity index is 1.59. The minimum Gasteiger partial charge on any atom is -0.478 e. The highest BCUT2D eigenvalue weighted by molar-refractivity contribution is 5.99. The van der Waals surface area contributed by atoms with Crippen molar-refractivity contribution < 1.29 is 32.2 Å². The van der Waals surface area contributed by atoms with Gasteiger partial charge in [-0.2, -0.15) is 0 Å². The second kappa shape index (κ2) is 8.81. The van der Waals surface area contributed by atoms with Gasteiger partial charge in [0.1, 0.15) is 30.2 Å². The van der Waals surface area contributed by atoms with Gasteiger partial charge in [-0.05, 0) is 56.2 Å². The van der Waals surface area contributed by atoms with Crippen LogP contribution in [0.2, 0.25) is 0 Å². The Morgan fingerprint density at radius 2 is 1.49 bits per heavy atom. The van der Waals surface area contributed by atoms with E-state index in [0.717, 1.165) is 98.0 Å². The number of carboxylic acid groups (broad SMARTS) is 1. The Labute approximate surface area is 233 Å². The van der Waals surface area contributed by atoms with Gasteiger partial charge in [-0.1, -0.05) is 0 Å². The molecule has 8 rings (SSSR count). The number of fused-ring (bicyclic) bond motifs is 4. The number of hydrogen-bond acceptors (Lipinski definition) is 3. The van der Waals surface area contributed by atoms with Crippen molar-refractivity contribution in [1.29, 1.82) is 0 Å². The van der Waals surface area contributed by atoms with E-state index in [2.05, 4.69) is 9.48 Å². The van der Waals surface area contributed by atoms with Crippen LogP contribution in [-0.2, 0) is 25.7 Å². The lowest BCUT2D eigenvalue weighted by molar-refractivity contribution is 0.0689. The number of benzene rings is 3. The van der Waals surface area contributed by atoms with Crippen LogP contribution in [0.3, 0.4) is 0 Å². The predicted octanol–water partition coefficient (Wildman–Crippen LogP) is 4.38. The van der Waals surface area contributed by atoms with Gasteiger partial charge in [0.05, 0.1) is 5.56 Å². The van der Waals surface area contributed by atoms with E-state index in [0.29, 0.717) is 35.1 Å². The summed E-state index contributed by atoms with van der Waals surface area (Å²) in [5.74, 6) is -8.70. The monoisotopic (exact) mass is 563 g/mol. The maximum Gasteiger partial charge on any atom is 0.339 e. The third-order valence-electron chi connectivity index (χ3n) is 9.42. The van der Waals surface area contributed by atoms with Crippen molar-refractivity contribution in [3.05, 3.63) is 84.9 Å². The van der Waals surface area contributed by atoms with Crippen LogP contribution < -0.4 is 24.8 Å². The molecular formula is C32H27F4N2O3+. The lowest BCUT2D eigenvalue weighted by Crippen LogP contribution is -2.45. The normalized spacial score (nSPS) is 18.3. The van der Waals surface area contributed by atoms with E-state index in [1.807, 2.05) is 12.1 Å². The van der Waals surface area contributed by atoms with Gasteiger partial charge in [0.25, 0.3) is 0 Å². The summed E-state index contributed by atoms with van der Waals surface area (Å²) in [4.78, 5) is 14.7. The first-order valence-electron chi connectivity index (χ1n) is 14.4. The summed E-state index contributed by atoms with van der Waals surface area (Å²) < 4.78 is 69.6. The van der Waals surface area contributed by atoms with E-state index in [4.69, 9.17) is 4.74 Å². The number of halogens is 4. The molecule has 0 bridgehead atoms. The molecule has 210 valence electrons. The summed E-state index contributed by atoms with van der Waals surface area (Å²) in [6.45, 7) is 3.63. The van der Waals surface area contributed by atoms with Crippen LogP contribution >= 0.6 is 0 Å². The molecule has 9 heteroatoms. The van der Waals surface area contributed by atoms with Crippen LogP contribution in [0.25, 0.3) is 5.57 Å². The van der Waals surface area contributed by atoms with Gasteiger partial charge in [-0.15, -0.1) is 0 Å². The molecule has 0 aromatic heterocycles. The summed E-state index contributed by atoms with van der Waals surface area (Å²) in [5, 5.41) is 11.5. The summed E-state index contributed by atoms with van der Waals surface area (Å²) in [6.07, 6.45) is 6.53. The molecule has 5 heterocycles. The molecule has 0 saturated heterocycles. The number of anilines is 1. The van der Waals surface area contributed by atoms with Crippen molar-refractivity contribution in [2.24, 2.45) is 0 Å². The number of aromatic carboxylic acids is 1. The van der Waals surface area contributed by atoms with Crippen LogP contribution in [0.5, 0.6) is 11.5 Å². The molecule has 0 radical (unpaired) electrons. The number of rotatable bonds is 2. The standard InChI is InChI=1S/C32H26F4N2O3/c33-24-22(23(32(39)40)25(34)27(36)26(24)35)21-19-13-15-5-1-9-37-11-3-7-17(28(15)37)30(19)41-31-18-8-4-12-38-10-2-6-16(29(18)38)14-20(21)31/h13-14H,1-12H2/p+1. The predicted molar refractivity (Wildman–Crippen MR) is 144 cm³/mol. The topological polar surface area (TPSA) is 52.8 Å². The second-order valence-electron chi connectivity index (χ2n) is 11.7. The SMILES string of the molecule is O=C(O)c1c(F)c(F)c(F)c(F)c1C1=c2cc3c4c(c2Oc2c1cc1c5c2CCCN5CCC1)CCC[N+]=4CCC3. The highest BCUT2D eigenvalue weighted by Gasteiger charge is 2.39. The fraction of sp³-hybridized carbons (Fsp3) is 0.375. The first kappa shape index (κ1) is 24.9. The Hall–Kier alpha value is -3.88. The Kier molecular flexibility index (Phi) is 5.34. The van der Waals surface area contributed by atoms with E-state index in [-0.39, 0.29) is 5.57 Å². The lowest BCUT2D eigenvalue weighted by atomic mass is 9.81. The quantitative estimate of drug-likeness (QED) is 0.170. The molecule has 0 aliphatic carbocycles. The number of carboxylic acids is 1. The average Bonchev–Trinajstić information content (AvgIpc) is 2.98. The highest BCUT2D eigenvalue weighted by Crippen LogP contribution is 2.49. The molecular weight excluding hydrogens is 536 g/mol. The van der Waals surface area contributed by atoms with Crippen molar-refractivity contribution in [3.63, 3.8) is 0 Å².